The van der Waals surface area contributed by atoms with Crippen molar-refractivity contribution >= 4 is 26.7 Å². The second kappa shape index (κ2) is 10.9. The van der Waals surface area contributed by atoms with Gasteiger partial charge in [-0.1, -0.05) is 137 Å². The Balaban J connectivity index is 1.54. The van der Waals surface area contributed by atoms with Crippen molar-refractivity contribution in [3.63, 3.8) is 0 Å². The molecule has 0 fully saturated rings. The first-order valence-corrected chi connectivity index (χ1v) is 13.5. The van der Waals surface area contributed by atoms with Gasteiger partial charge < -0.3 is 0 Å². The highest BCUT2D eigenvalue weighted by molar-refractivity contribution is 9.10. The minimum absolute atomic E-state index is 0.0344. The molecule has 0 N–H and O–H groups in total. The van der Waals surface area contributed by atoms with E-state index in [0.717, 1.165) is 33.0 Å². The van der Waals surface area contributed by atoms with E-state index in [1.54, 1.807) is 6.07 Å². The molecule has 4 heteroatoms. The van der Waals surface area contributed by atoms with E-state index in [9.17, 15) is 0 Å². The molecule has 0 aliphatic carbocycles. The van der Waals surface area contributed by atoms with Crippen LogP contribution in [0.2, 0.25) is 0 Å². The molecule has 0 amide bonds. The molecule has 7 aromatic rings. The van der Waals surface area contributed by atoms with Gasteiger partial charge >= 0.3 is 0 Å². The maximum absolute atomic E-state index is 8.70. The molecule has 194 valence electrons. The Labute approximate surface area is 260 Å². The standard InChI is InChI=1S/C37H24BrN3/c38-32-20-17-28(18-21-32)36-39-35(27-12-5-2-6-13-27)40-37(41-36)31-19-22-33(26-10-3-1-4-11-26)34(24-31)30-16-15-25-9-7-8-14-29(25)23-30/h1-24H/i2D,5D,6D,12D,13D,17D,18D,20D,21D. The number of halogens is 1. The van der Waals surface area contributed by atoms with Crippen molar-refractivity contribution in [1.82, 2.24) is 15.0 Å². The smallest absolute Gasteiger partial charge is 0.164 e. The van der Waals surface area contributed by atoms with Crippen molar-refractivity contribution < 1.29 is 12.3 Å². The molecule has 3 nitrogen and oxygen atoms in total. The summed E-state index contributed by atoms with van der Waals surface area (Å²) in [6.07, 6.45) is 0. The van der Waals surface area contributed by atoms with E-state index < -0.39 is 42.3 Å². The first-order chi connectivity index (χ1) is 24.0. The lowest BCUT2D eigenvalue weighted by Crippen LogP contribution is -2.00. The van der Waals surface area contributed by atoms with Gasteiger partial charge in [0.05, 0.1) is 12.3 Å². The van der Waals surface area contributed by atoms with E-state index in [-0.39, 0.29) is 45.2 Å². The third-order valence-electron chi connectivity index (χ3n) is 6.60. The summed E-state index contributed by atoms with van der Waals surface area (Å²) >= 11 is 3.13. The summed E-state index contributed by atoms with van der Waals surface area (Å²) in [5.74, 6) is -0.486. The lowest BCUT2D eigenvalue weighted by molar-refractivity contribution is 1.07. The van der Waals surface area contributed by atoms with Crippen LogP contribution in [0.4, 0.5) is 0 Å². The lowest BCUT2D eigenvalue weighted by atomic mass is 9.91. The summed E-state index contributed by atoms with van der Waals surface area (Å²) in [6.45, 7) is 0. The van der Waals surface area contributed by atoms with E-state index in [0.29, 0.717) is 5.56 Å². The van der Waals surface area contributed by atoms with Crippen molar-refractivity contribution in [2.24, 2.45) is 0 Å². The van der Waals surface area contributed by atoms with E-state index in [1.807, 2.05) is 78.9 Å². The first-order valence-electron chi connectivity index (χ1n) is 17.2. The monoisotopic (exact) mass is 598 g/mol. The second-order valence-corrected chi connectivity index (χ2v) is 9.98. The van der Waals surface area contributed by atoms with Gasteiger partial charge in [-0.25, -0.2) is 15.0 Å². The van der Waals surface area contributed by atoms with Crippen molar-refractivity contribution in [1.29, 1.82) is 0 Å². The van der Waals surface area contributed by atoms with Crippen LogP contribution in [0.1, 0.15) is 12.3 Å². The van der Waals surface area contributed by atoms with Crippen molar-refractivity contribution in [3.05, 3.63) is 150 Å². The van der Waals surface area contributed by atoms with Gasteiger partial charge in [0.2, 0.25) is 0 Å². The Bertz CT molecular complexity index is 2360. The summed E-state index contributed by atoms with van der Waals surface area (Å²) in [5.41, 5.74) is 3.63. The zero-order chi connectivity index (χ0) is 35.4. The van der Waals surface area contributed by atoms with E-state index in [1.165, 1.54) is 0 Å². The molecule has 0 saturated heterocycles. The fraction of sp³-hybridized carbons (Fsp3) is 0. The summed E-state index contributed by atoms with van der Waals surface area (Å²) in [6, 6.07) is 25.3. The predicted molar refractivity (Wildman–Crippen MR) is 172 cm³/mol. The molecule has 41 heavy (non-hydrogen) atoms. The van der Waals surface area contributed by atoms with Gasteiger partial charge in [-0.2, -0.15) is 0 Å². The molecule has 0 saturated carbocycles. The summed E-state index contributed by atoms with van der Waals surface area (Å²) in [4.78, 5) is 13.7. The Morgan fingerprint density at radius 1 is 0.439 bits per heavy atom. The Morgan fingerprint density at radius 3 is 1.78 bits per heavy atom. The predicted octanol–water partition coefficient (Wildman–Crippen LogP) is 10.1. The highest BCUT2D eigenvalue weighted by Crippen LogP contribution is 2.37. The topological polar surface area (TPSA) is 38.7 Å². The molecule has 7 rings (SSSR count). The van der Waals surface area contributed by atoms with E-state index in [4.69, 9.17) is 12.3 Å². The number of fused-ring (bicyclic) bond motifs is 1. The molecule has 0 spiro atoms. The zero-order valence-corrected chi connectivity index (χ0v) is 23.0. The van der Waals surface area contributed by atoms with Crippen LogP contribution in [0, 0.1) is 0 Å². The fourth-order valence-corrected chi connectivity index (χ4v) is 4.85. The molecule has 0 unspecified atom stereocenters. The molecule has 0 atom stereocenters. The molecular formula is C37H24BrN3. The van der Waals surface area contributed by atoms with Crippen LogP contribution in [0.5, 0.6) is 0 Å². The molecular weight excluding hydrogens is 566 g/mol. The minimum atomic E-state index is -0.581. The van der Waals surface area contributed by atoms with Gasteiger partial charge in [0.1, 0.15) is 0 Å². The van der Waals surface area contributed by atoms with Crippen LogP contribution in [-0.4, -0.2) is 15.0 Å². The second-order valence-electron chi connectivity index (χ2n) is 9.18. The van der Waals surface area contributed by atoms with Gasteiger partial charge in [-0.3, -0.25) is 0 Å². The maximum atomic E-state index is 8.70. The van der Waals surface area contributed by atoms with Crippen LogP contribution in [0.15, 0.2) is 150 Å². The van der Waals surface area contributed by atoms with E-state index >= 15 is 0 Å². The highest BCUT2D eigenvalue weighted by Gasteiger charge is 2.15. The maximum Gasteiger partial charge on any atom is 0.164 e. The van der Waals surface area contributed by atoms with Crippen molar-refractivity contribution in [2.45, 2.75) is 0 Å². The Morgan fingerprint density at radius 2 is 1.05 bits per heavy atom. The molecule has 6 aromatic carbocycles. The summed E-state index contributed by atoms with van der Waals surface area (Å²) in [7, 11) is 0. The van der Waals surface area contributed by atoms with Crippen LogP contribution in [-0.2, 0) is 0 Å². The average Bonchev–Trinajstić information content (AvgIpc) is 3.14. The number of nitrogens with zero attached hydrogens (tertiary/aromatic N) is 3. The molecule has 0 radical (unpaired) electrons. The van der Waals surface area contributed by atoms with Gasteiger partial charge in [-0.15, -0.1) is 0 Å². The van der Waals surface area contributed by atoms with Crippen LogP contribution >= 0.6 is 15.9 Å². The number of benzene rings is 6. The van der Waals surface area contributed by atoms with Crippen molar-refractivity contribution in [2.75, 3.05) is 0 Å². The SMILES string of the molecule is [2H]c1c([2H])c([2H])c(-c2nc(-c3ccc(-c4ccccc4)c(-c4ccc5ccccc5c4)c3)nc(-c3c([2H])c([2H])c(Br)c([2H])c3[2H])n2)c([2H])c1[2H]. The summed E-state index contributed by atoms with van der Waals surface area (Å²) in [5, 5.41) is 2.12. The quantitative estimate of drug-likeness (QED) is 0.198. The third kappa shape index (κ3) is 5.18. The van der Waals surface area contributed by atoms with Crippen molar-refractivity contribution in [3.8, 4) is 56.4 Å². The lowest BCUT2D eigenvalue weighted by Gasteiger charge is -2.14. The minimum Gasteiger partial charge on any atom is -0.208 e. The van der Waals surface area contributed by atoms with Crippen LogP contribution in [0.25, 0.3) is 67.2 Å². The van der Waals surface area contributed by atoms with Gasteiger partial charge in [0, 0.05) is 21.2 Å². The number of hydrogen-bond acceptors (Lipinski definition) is 3. The van der Waals surface area contributed by atoms with Crippen LogP contribution in [0.3, 0.4) is 0 Å². The summed E-state index contributed by atoms with van der Waals surface area (Å²) < 4.78 is 76.0. The number of hydrogen-bond donors (Lipinski definition) is 0. The average molecular weight is 600 g/mol. The Kier molecular flexibility index (Phi) is 4.53. The highest BCUT2D eigenvalue weighted by atomic mass is 79.9. The zero-order valence-electron chi connectivity index (χ0n) is 30.4. The largest absolute Gasteiger partial charge is 0.208 e. The first kappa shape index (κ1) is 17.0. The van der Waals surface area contributed by atoms with Gasteiger partial charge in [-0.05, 0) is 57.2 Å². The number of aromatic nitrogens is 3. The molecule has 1 heterocycles. The van der Waals surface area contributed by atoms with Crippen LogP contribution < -0.4 is 0 Å². The molecule has 0 aliphatic heterocycles. The van der Waals surface area contributed by atoms with E-state index in [2.05, 4.69) is 36.9 Å². The normalized spacial score (nSPS) is 14.1. The third-order valence-corrected chi connectivity index (χ3v) is 7.00. The fourth-order valence-electron chi connectivity index (χ4n) is 4.65. The molecule has 0 aliphatic rings. The van der Waals surface area contributed by atoms with Gasteiger partial charge in [0.25, 0.3) is 0 Å². The number of rotatable bonds is 5. The Hall–Kier alpha value is -4.93. The molecule has 1 aromatic heterocycles. The molecule has 0 bridgehead atoms. The van der Waals surface area contributed by atoms with Gasteiger partial charge in [0.15, 0.2) is 17.5 Å².